The van der Waals surface area contributed by atoms with Gasteiger partial charge in [-0.25, -0.2) is 0 Å². The molecule has 24 heavy (non-hydrogen) atoms. The summed E-state index contributed by atoms with van der Waals surface area (Å²) in [7, 11) is -1.68. The van der Waals surface area contributed by atoms with E-state index >= 15 is 0 Å². The SMILES string of the molecule is CCOCc1ccccc1[P+](C)(c1ccccc1)c1ccccc1. The Morgan fingerprint density at radius 1 is 0.708 bits per heavy atom. The maximum absolute atomic E-state index is 5.74. The van der Waals surface area contributed by atoms with E-state index in [1.807, 2.05) is 6.92 Å². The predicted octanol–water partition coefficient (Wildman–Crippen LogP) is 4.15. The van der Waals surface area contributed by atoms with Gasteiger partial charge in [-0.3, -0.25) is 0 Å². The first-order valence-electron chi connectivity index (χ1n) is 8.40. The molecular weight excluding hydrogens is 311 g/mol. The molecule has 0 amide bonds. The van der Waals surface area contributed by atoms with Gasteiger partial charge in [0.05, 0.1) is 13.3 Å². The average Bonchev–Trinajstić information content (AvgIpc) is 2.67. The average molecular weight is 335 g/mol. The fourth-order valence-electron chi connectivity index (χ4n) is 3.16. The Labute approximate surface area is 145 Å². The van der Waals surface area contributed by atoms with Crippen LogP contribution < -0.4 is 15.9 Å². The van der Waals surface area contributed by atoms with Gasteiger partial charge in [0, 0.05) is 12.2 Å². The molecule has 0 atom stereocenters. The van der Waals surface area contributed by atoms with E-state index in [0.29, 0.717) is 6.61 Å². The second-order valence-corrected chi connectivity index (χ2v) is 9.47. The molecular formula is C22H24OP+. The van der Waals surface area contributed by atoms with Gasteiger partial charge in [-0.05, 0) is 37.3 Å². The van der Waals surface area contributed by atoms with Crippen LogP contribution in [0, 0.1) is 0 Å². The maximum Gasteiger partial charge on any atom is 0.110 e. The second kappa shape index (κ2) is 7.75. The number of hydrogen-bond donors (Lipinski definition) is 0. The van der Waals surface area contributed by atoms with Gasteiger partial charge in [0.25, 0.3) is 0 Å². The zero-order chi connectivity index (χ0) is 16.8. The molecule has 0 radical (unpaired) electrons. The summed E-state index contributed by atoms with van der Waals surface area (Å²) in [5.74, 6) is 0. The van der Waals surface area contributed by atoms with Gasteiger partial charge in [0.1, 0.15) is 23.2 Å². The van der Waals surface area contributed by atoms with Crippen molar-refractivity contribution in [3.8, 4) is 0 Å². The van der Waals surface area contributed by atoms with Crippen molar-refractivity contribution in [2.75, 3.05) is 13.3 Å². The third kappa shape index (κ3) is 3.29. The normalized spacial score (nSPS) is 11.4. The van der Waals surface area contributed by atoms with Crippen LogP contribution in [0.25, 0.3) is 0 Å². The topological polar surface area (TPSA) is 9.23 Å². The maximum atomic E-state index is 5.74. The molecule has 0 spiro atoms. The molecule has 0 heterocycles. The molecule has 0 fully saturated rings. The zero-order valence-electron chi connectivity index (χ0n) is 14.4. The van der Waals surface area contributed by atoms with Crippen molar-refractivity contribution in [2.24, 2.45) is 0 Å². The first-order valence-corrected chi connectivity index (χ1v) is 10.6. The van der Waals surface area contributed by atoms with E-state index in [4.69, 9.17) is 4.74 Å². The van der Waals surface area contributed by atoms with Crippen molar-refractivity contribution in [1.29, 1.82) is 0 Å². The molecule has 3 rings (SSSR count). The third-order valence-electron chi connectivity index (χ3n) is 4.48. The van der Waals surface area contributed by atoms with E-state index in [0.717, 1.165) is 6.61 Å². The second-order valence-electron chi connectivity index (χ2n) is 5.94. The summed E-state index contributed by atoms with van der Waals surface area (Å²) in [5, 5.41) is 4.22. The van der Waals surface area contributed by atoms with Crippen molar-refractivity contribution in [1.82, 2.24) is 0 Å². The molecule has 3 aromatic carbocycles. The molecule has 0 bridgehead atoms. The molecule has 0 N–H and O–H groups in total. The van der Waals surface area contributed by atoms with E-state index in [9.17, 15) is 0 Å². The van der Waals surface area contributed by atoms with Gasteiger partial charge in [0.15, 0.2) is 0 Å². The lowest BCUT2D eigenvalue weighted by molar-refractivity contribution is 0.134. The van der Waals surface area contributed by atoms with Crippen LogP contribution in [0.5, 0.6) is 0 Å². The van der Waals surface area contributed by atoms with E-state index in [-0.39, 0.29) is 0 Å². The molecule has 0 aliphatic rings. The molecule has 0 aromatic heterocycles. The highest BCUT2D eigenvalue weighted by Crippen LogP contribution is 2.52. The van der Waals surface area contributed by atoms with E-state index < -0.39 is 7.26 Å². The molecule has 1 nitrogen and oxygen atoms in total. The quantitative estimate of drug-likeness (QED) is 0.615. The summed E-state index contributed by atoms with van der Waals surface area (Å²) in [6.07, 6.45) is 0. The van der Waals surface area contributed by atoms with Crippen LogP contribution in [0.4, 0.5) is 0 Å². The van der Waals surface area contributed by atoms with Crippen LogP contribution in [-0.2, 0) is 11.3 Å². The molecule has 0 saturated carbocycles. The van der Waals surface area contributed by atoms with E-state index in [1.165, 1.54) is 21.5 Å². The molecule has 3 aromatic rings. The standard InChI is InChI=1S/C22H24OP/c1-3-23-18-19-12-10-11-17-22(19)24(2,20-13-6-4-7-14-20)21-15-8-5-9-16-21/h4-17H,3,18H2,1-2H3/q+1. The lowest BCUT2D eigenvalue weighted by atomic mass is 10.2. The minimum absolute atomic E-state index is 0.669. The Balaban J connectivity index is 2.20. The highest BCUT2D eigenvalue weighted by Gasteiger charge is 2.41. The number of ether oxygens (including phenoxy) is 1. The smallest absolute Gasteiger partial charge is 0.110 e. The van der Waals surface area contributed by atoms with Crippen molar-refractivity contribution >= 4 is 23.2 Å². The first-order chi connectivity index (χ1) is 11.8. The lowest BCUT2D eigenvalue weighted by Gasteiger charge is -2.25. The van der Waals surface area contributed by atoms with E-state index in [1.54, 1.807) is 0 Å². The third-order valence-corrected chi connectivity index (χ3v) is 8.54. The summed E-state index contributed by atoms with van der Waals surface area (Å²) in [4.78, 5) is 0. The van der Waals surface area contributed by atoms with Crippen molar-refractivity contribution in [3.05, 3.63) is 90.5 Å². The molecule has 2 heteroatoms. The van der Waals surface area contributed by atoms with Gasteiger partial charge >= 0.3 is 0 Å². The molecule has 0 unspecified atom stereocenters. The fourth-order valence-corrected chi connectivity index (χ4v) is 6.65. The van der Waals surface area contributed by atoms with Gasteiger partial charge in [-0.1, -0.05) is 54.6 Å². The minimum Gasteiger partial charge on any atom is -0.377 e. The van der Waals surface area contributed by atoms with E-state index in [2.05, 4.69) is 91.6 Å². The molecule has 122 valence electrons. The Hall–Kier alpha value is -1.95. The summed E-state index contributed by atoms with van der Waals surface area (Å²) >= 11 is 0. The summed E-state index contributed by atoms with van der Waals surface area (Å²) < 4.78 is 5.74. The van der Waals surface area contributed by atoms with Gasteiger partial charge < -0.3 is 4.74 Å². The van der Waals surface area contributed by atoms with Crippen LogP contribution in [0.2, 0.25) is 0 Å². The lowest BCUT2D eigenvalue weighted by Crippen LogP contribution is -2.32. The summed E-state index contributed by atoms with van der Waals surface area (Å²) in [6, 6.07) is 30.5. The van der Waals surface area contributed by atoms with Crippen LogP contribution in [0.3, 0.4) is 0 Å². The summed E-state index contributed by atoms with van der Waals surface area (Å²) in [6.45, 7) is 5.87. The number of hydrogen-bond acceptors (Lipinski definition) is 1. The monoisotopic (exact) mass is 335 g/mol. The van der Waals surface area contributed by atoms with Gasteiger partial charge in [0.2, 0.25) is 0 Å². The van der Waals surface area contributed by atoms with Crippen molar-refractivity contribution < 1.29 is 4.74 Å². The van der Waals surface area contributed by atoms with Crippen LogP contribution in [0.1, 0.15) is 12.5 Å². The summed E-state index contributed by atoms with van der Waals surface area (Å²) in [5.41, 5.74) is 1.29. The Bertz CT molecular complexity index is 729. The van der Waals surface area contributed by atoms with Gasteiger partial charge in [-0.2, -0.15) is 0 Å². The van der Waals surface area contributed by atoms with Crippen molar-refractivity contribution in [3.63, 3.8) is 0 Å². The van der Waals surface area contributed by atoms with Gasteiger partial charge in [-0.15, -0.1) is 0 Å². The Morgan fingerprint density at radius 2 is 1.21 bits per heavy atom. The largest absolute Gasteiger partial charge is 0.377 e. The Morgan fingerprint density at radius 3 is 1.75 bits per heavy atom. The molecule has 0 saturated heterocycles. The van der Waals surface area contributed by atoms with Crippen LogP contribution in [0.15, 0.2) is 84.9 Å². The number of rotatable bonds is 6. The predicted molar refractivity (Wildman–Crippen MR) is 106 cm³/mol. The zero-order valence-corrected chi connectivity index (χ0v) is 15.2. The fraction of sp³-hybridized carbons (Fsp3) is 0.182. The van der Waals surface area contributed by atoms with Crippen LogP contribution >= 0.6 is 7.26 Å². The highest BCUT2D eigenvalue weighted by atomic mass is 31.2. The minimum atomic E-state index is -1.68. The molecule has 0 aliphatic carbocycles. The van der Waals surface area contributed by atoms with Crippen molar-refractivity contribution in [2.45, 2.75) is 13.5 Å². The highest BCUT2D eigenvalue weighted by molar-refractivity contribution is 7.95. The molecule has 0 aliphatic heterocycles. The first kappa shape index (κ1) is 16.9. The number of benzene rings is 3. The van der Waals surface area contributed by atoms with Crippen LogP contribution in [-0.4, -0.2) is 13.3 Å². The Kier molecular flexibility index (Phi) is 5.45.